The van der Waals surface area contributed by atoms with Crippen LogP contribution in [0, 0.1) is 5.92 Å². The molecule has 2 fully saturated rings. The minimum absolute atomic E-state index is 0.105. The minimum atomic E-state index is -0.452. The number of hydrogen-bond donors (Lipinski definition) is 1. The van der Waals surface area contributed by atoms with Crippen molar-refractivity contribution in [3.8, 4) is 0 Å². The number of aliphatic hydroxyl groups excluding tert-OH is 1. The van der Waals surface area contributed by atoms with E-state index < -0.39 is 6.10 Å². The van der Waals surface area contributed by atoms with Crippen molar-refractivity contribution in [2.45, 2.75) is 63.7 Å². The van der Waals surface area contributed by atoms with Gasteiger partial charge in [0.1, 0.15) is 0 Å². The summed E-state index contributed by atoms with van der Waals surface area (Å²) in [4.78, 5) is 16.0. The minimum Gasteiger partial charge on any atom is -0.387 e. The Bertz CT molecular complexity index is 504. The maximum atomic E-state index is 12.9. The van der Waals surface area contributed by atoms with Gasteiger partial charge in [0.25, 0.3) is 0 Å². The fraction of sp³-hybridized carbons (Fsp3) is 0.722. The van der Waals surface area contributed by atoms with Crippen LogP contribution in [0.5, 0.6) is 0 Å². The zero-order valence-electron chi connectivity index (χ0n) is 13.8. The van der Waals surface area contributed by atoms with Crippen LogP contribution in [0.4, 0.5) is 0 Å². The molecule has 23 heavy (non-hydrogen) atoms. The number of nitrogens with zero attached hydrogens (tertiary/aromatic N) is 1. The van der Waals surface area contributed by atoms with Gasteiger partial charge in [-0.15, -0.1) is 11.3 Å². The molecule has 3 rings (SSSR count). The van der Waals surface area contributed by atoms with Gasteiger partial charge < -0.3 is 14.7 Å². The summed E-state index contributed by atoms with van der Waals surface area (Å²) in [6.45, 7) is 3.66. The first kappa shape index (κ1) is 16.9. The molecule has 4 atom stereocenters. The summed E-state index contributed by atoms with van der Waals surface area (Å²) in [5.74, 6) is 0.390. The Kier molecular flexibility index (Phi) is 5.72. The van der Waals surface area contributed by atoms with Crippen molar-refractivity contribution in [2.24, 2.45) is 5.92 Å². The number of aliphatic hydroxyl groups is 1. The Labute approximate surface area is 142 Å². The van der Waals surface area contributed by atoms with Gasteiger partial charge in [-0.05, 0) is 50.0 Å². The van der Waals surface area contributed by atoms with Crippen LogP contribution in [-0.4, -0.2) is 41.2 Å². The van der Waals surface area contributed by atoms with E-state index in [2.05, 4.69) is 6.92 Å². The van der Waals surface area contributed by atoms with Crippen LogP contribution in [0.25, 0.3) is 0 Å². The van der Waals surface area contributed by atoms with Crippen LogP contribution in [-0.2, 0) is 9.53 Å². The number of ether oxygens (including phenoxy) is 1. The average Bonchev–Trinajstić information content (AvgIpc) is 3.26. The molecule has 0 radical (unpaired) electrons. The lowest BCUT2D eigenvalue weighted by Crippen LogP contribution is -2.43. The lowest BCUT2D eigenvalue weighted by Gasteiger charge is -2.34. The second kappa shape index (κ2) is 7.77. The van der Waals surface area contributed by atoms with Crippen LogP contribution in [0.15, 0.2) is 17.5 Å². The third-order valence-corrected chi connectivity index (χ3v) is 6.17. The fourth-order valence-electron chi connectivity index (χ4n) is 3.85. The molecule has 0 bridgehead atoms. The van der Waals surface area contributed by atoms with Crippen LogP contribution in [0.1, 0.15) is 56.4 Å². The second-order valence-electron chi connectivity index (χ2n) is 6.72. The lowest BCUT2D eigenvalue weighted by atomic mass is 9.92. The molecule has 2 saturated heterocycles. The maximum Gasteiger partial charge on any atom is 0.226 e. The molecule has 0 aromatic carbocycles. The summed E-state index contributed by atoms with van der Waals surface area (Å²) < 4.78 is 5.70. The summed E-state index contributed by atoms with van der Waals surface area (Å²) in [6.07, 6.45) is 5.17. The Balaban J connectivity index is 1.60. The van der Waals surface area contributed by atoms with Gasteiger partial charge in [-0.2, -0.15) is 0 Å². The van der Waals surface area contributed by atoms with E-state index in [0.29, 0.717) is 13.0 Å². The second-order valence-corrected chi connectivity index (χ2v) is 7.70. The van der Waals surface area contributed by atoms with Gasteiger partial charge in [-0.25, -0.2) is 0 Å². The molecule has 5 heteroatoms. The van der Waals surface area contributed by atoms with Crippen molar-refractivity contribution in [2.75, 3.05) is 13.2 Å². The van der Waals surface area contributed by atoms with Gasteiger partial charge in [0.2, 0.25) is 5.91 Å². The third-order valence-electron chi connectivity index (χ3n) is 5.20. The van der Waals surface area contributed by atoms with Crippen LogP contribution in [0.3, 0.4) is 0 Å². The van der Waals surface area contributed by atoms with E-state index in [1.807, 2.05) is 22.4 Å². The largest absolute Gasteiger partial charge is 0.387 e. The van der Waals surface area contributed by atoms with Gasteiger partial charge in [0, 0.05) is 30.0 Å². The van der Waals surface area contributed by atoms with Gasteiger partial charge in [0.15, 0.2) is 0 Å². The smallest absolute Gasteiger partial charge is 0.226 e. The monoisotopic (exact) mass is 337 g/mol. The number of carbonyl (C=O) groups is 1. The number of carbonyl (C=O) groups excluding carboxylic acids is 1. The summed E-state index contributed by atoms with van der Waals surface area (Å²) in [6, 6.07) is 4.12. The normalized spacial score (nSPS) is 29.7. The summed E-state index contributed by atoms with van der Waals surface area (Å²) in [7, 11) is 0. The molecule has 1 amide bonds. The Morgan fingerprint density at radius 1 is 1.52 bits per heavy atom. The molecule has 2 aliphatic rings. The van der Waals surface area contributed by atoms with Crippen molar-refractivity contribution in [1.29, 1.82) is 0 Å². The molecule has 128 valence electrons. The molecule has 0 aliphatic carbocycles. The van der Waals surface area contributed by atoms with E-state index in [1.165, 1.54) is 0 Å². The molecule has 0 unspecified atom stereocenters. The molecule has 1 aromatic heterocycles. The van der Waals surface area contributed by atoms with Crippen LogP contribution >= 0.6 is 11.3 Å². The first-order chi connectivity index (χ1) is 11.2. The molecule has 0 spiro atoms. The number of hydrogen-bond acceptors (Lipinski definition) is 4. The lowest BCUT2D eigenvalue weighted by molar-refractivity contribution is -0.142. The van der Waals surface area contributed by atoms with Crippen molar-refractivity contribution in [1.82, 2.24) is 4.90 Å². The molecule has 4 nitrogen and oxygen atoms in total. The Hall–Kier alpha value is -0.910. The Morgan fingerprint density at radius 3 is 3.13 bits per heavy atom. The molecular weight excluding hydrogens is 310 g/mol. The highest BCUT2D eigenvalue weighted by molar-refractivity contribution is 7.10. The van der Waals surface area contributed by atoms with Gasteiger partial charge in [-0.1, -0.05) is 13.0 Å². The van der Waals surface area contributed by atoms with E-state index in [1.54, 1.807) is 11.3 Å². The van der Waals surface area contributed by atoms with Crippen molar-refractivity contribution in [3.05, 3.63) is 22.4 Å². The Morgan fingerprint density at radius 2 is 2.39 bits per heavy atom. The van der Waals surface area contributed by atoms with Gasteiger partial charge in [-0.3, -0.25) is 4.79 Å². The van der Waals surface area contributed by atoms with Gasteiger partial charge in [0.05, 0.1) is 12.2 Å². The standard InChI is InChI=1S/C18H27NO3S/c1-2-15-11-13(7-9-22-15)18(21)19-8-3-5-14(19)12-16(20)17-6-4-10-23-17/h4,6,10,13-16,20H,2-3,5,7-9,11-12H2,1H3/t13-,14+,15-,16-/m1/s1. The fourth-order valence-corrected chi connectivity index (χ4v) is 4.57. The van der Waals surface area contributed by atoms with E-state index in [4.69, 9.17) is 4.74 Å². The zero-order chi connectivity index (χ0) is 16.2. The highest BCUT2D eigenvalue weighted by atomic mass is 32.1. The first-order valence-corrected chi connectivity index (χ1v) is 9.70. The van der Waals surface area contributed by atoms with E-state index >= 15 is 0 Å². The quantitative estimate of drug-likeness (QED) is 0.896. The summed E-state index contributed by atoms with van der Waals surface area (Å²) >= 11 is 1.59. The topological polar surface area (TPSA) is 49.8 Å². The predicted molar refractivity (Wildman–Crippen MR) is 91.4 cm³/mol. The summed E-state index contributed by atoms with van der Waals surface area (Å²) in [5.41, 5.74) is 0. The number of likely N-dealkylation sites (tertiary alicyclic amines) is 1. The van der Waals surface area contributed by atoms with E-state index in [0.717, 1.165) is 43.5 Å². The molecule has 0 saturated carbocycles. The highest BCUT2D eigenvalue weighted by Gasteiger charge is 2.36. The number of rotatable bonds is 5. The SMILES string of the molecule is CC[C@@H]1C[C@H](C(=O)N2CCC[C@H]2C[C@@H](O)c2cccs2)CCO1. The number of amides is 1. The maximum absolute atomic E-state index is 12.9. The van der Waals surface area contributed by atoms with Crippen LogP contribution < -0.4 is 0 Å². The highest BCUT2D eigenvalue weighted by Crippen LogP contribution is 2.32. The predicted octanol–water partition coefficient (Wildman–Crippen LogP) is 3.37. The molecule has 1 aromatic rings. The number of thiophene rings is 1. The van der Waals surface area contributed by atoms with Crippen molar-refractivity contribution < 1.29 is 14.6 Å². The molecular formula is C18H27NO3S. The molecule has 3 heterocycles. The summed E-state index contributed by atoms with van der Waals surface area (Å²) in [5, 5.41) is 12.4. The first-order valence-electron chi connectivity index (χ1n) is 8.82. The average molecular weight is 337 g/mol. The third kappa shape index (κ3) is 3.95. The van der Waals surface area contributed by atoms with Gasteiger partial charge >= 0.3 is 0 Å². The van der Waals surface area contributed by atoms with Crippen molar-refractivity contribution in [3.63, 3.8) is 0 Å². The van der Waals surface area contributed by atoms with E-state index in [-0.39, 0.29) is 24.0 Å². The van der Waals surface area contributed by atoms with Crippen molar-refractivity contribution >= 4 is 17.2 Å². The molecule has 1 N–H and O–H groups in total. The van der Waals surface area contributed by atoms with E-state index in [9.17, 15) is 9.90 Å². The zero-order valence-corrected chi connectivity index (χ0v) is 14.6. The van der Waals surface area contributed by atoms with Crippen LogP contribution in [0.2, 0.25) is 0 Å². The molecule has 2 aliphatic heterocycles.